The van der Waals surface area contributed by atoms with E-state index in [0.717, 1.165) is 11.1 Å². The van der Waals surface area contributed by atoms with Gasteiger partial charge in [0.25, 0.3) is 0 Å². The maximum atomic E-state index is 10.7. The Morgan fingerprint density at radius 3 is 1.88 bits per heavy atom. The van der Waals surface area contributed by atoms with E-state index < -0.39 is 5.97 Å². The summed E-state index contributed by atoms with van der Waals surface area (Å²) >= 11 is 11.8. The van der Waals surface area contributed by atoms with E-state index >= 15 is 0 Å². The number of benzene rings is 2. The van der Waals surface area contributed by atoms with E-state index in [1.165, 1.54) is 0 Å². The molecule has 0 spiro atoms. The molecular formula is C13H8Cl2O2. The van der Waals surface area contributed by atoms with E-state index in [0.29, 0.717) is 10.0 Å². The number of halogens is 2. The summed E-state index contributed by atoms with van der Waals surface area (Å²) in [6.45, 7) is 0. The number of carboxylic acids is 1. The van der Waals surface area contributed by atoms with Gasteiger partial charge in [0.1, 0.15) is 0 Å². The van der Waals surface area contributed by atoms with Crippen molar-refractivity contribution in [2.75, 3.05) is 0 Å². The second-order valence-corrected chi connectivity index (χ2v) is 4.41. The van der Waals surface area contributed by atoms with Crippen LogP contribution in [0, 0.1) is 0 Å². The summed E-state index contributed by atoms with van der Waals surface area (Å²) in [7, 11) is 0. The molecule has 0 amide bonds. The summed E-state index contributed by atoms with van der Waals surface area (Å²) in [4.78, 5) is 10.7. The lowest BCUT2D eigenvalue weighted by Crippen LogP contribution is -1.94. The molecule has 4 heteroatoms. The van der Waals surface area contributed by atoms with Gasteiger partial charge in [-0.1, -0.05) is 35.3 Å². The van der Waals surface area contributed by atoms with Crippen molar-refractivity contribution in [1.29, 1.82) is 0 Å². The molecule has 0 bridgehead atoms. The van der Waals surface area contributed by atoms with Crippen molar-refractivity contribution in [3.8, 4) is 11.1 Å². The van der Waals surface area contributed by atoms with Crippen molar-refractivity contribution in [2.24, 2.45) is 0 Å². The number of hydrogen-bond donors (Lipinski definition) is 1. The monoisotopic (exact) mass is 266 g/mol. The molecule has 1 N–H and O–H groups in total. The first-order valence-corrected chi connectivity index (χ1v) is 5.62. The van der Waals surface area contributed by atoms with Crippen molar-refractivity contribution in [3.05, 3.63) is 58.1 Å². The van der Waals surface area contributed by atoms with Gasteiger partial charge >= 0.3 is 5.97 Å². The highest BCUT2D eigenvalue weighted by Gasteiger charge is 2.04. The van der Waals surface area contributed by atoms with Crippen LogP contribution in [-0.4, -0.2) is 11.1 Å². The van der Waals surface area contributed by atoms with Crippen LogP contribution in [-0.2, 0) is 0 Å². The van der Waals surface area contributed by atoms with Crippen molar-refractivity contribution < 1.29 is 9.90 Å². The van der Waals surface area contributed by atoms with Gasteiger partial charge in [-0.2, -0.15) is 0 Å². The van der Waals surface area contributed by atoms with E-state index in [1.54, 1.807) is 42.5 Å². The second-order valence-electron chi connectivity index (χ2n) is 3.54. The zero-order valence-electron chi connectivity index (χ0n) is 8.65. The first kappa shape index (κ1) is 12.0. The van der Waals surface area contributed by atoms with Crippen molar-refractivity contribution in [3.63, 3.8) is 0 Å². The first-order valence-electron chi connectivity index (χ1n) is 4.86. The van der Waals surface area contributed by atoms with Crippen LogP contribution in [0.25, 0.3) is 11.1 Å². The molecule has 2 aromatic carbocycles. The van der Waals surface area contributed by atoms with Crippen LogP contribution < -0.4 is 0 Å². The Bertz CT molecular complexity index is 542. The minimum absolute atomic E-state index is 0.252. The Labute approximate surface area is 108 Å². The number of carboxylic acid groups (broad SMARTS) is 1. The Hall–Kier alpha value is -1.51. The average Bonchev–Trinajstić information content (AvgIpc) is 2.28. The summed E-state index contributed by atoms with van der Waals surface area (Å²) in [5.41, 5.74) is 1.99. The van der Waals surface area contributed by atoms with Gasteiger partial charge in [0.15, 0.2) is 0 Å². The van der Waals surface area contributed by atoms with Gasteiger partial charge in [-0.15, -0.1) is 0 Å². The SMILES string of the molecule is O=C(O)c1ccc(-c2cc(Cl)cc(Cl)c2)cc1. The van der Waals surface area contributed by atoms with E-state index in [4.69, 9.17) is 28.3 Å². The molecule has 0 aliphatic heterocycles. The van der Waals surface area contributed by atoms with Crippen molar-refractivity contribution >= 4 is 29.2 Å². The zero-order chi connectivity index (χ0) is 12.4. The van der Waals surface area contributed by atoms with Gasteiger partial charge in [0.2, 0.25) is 0 Å². The highest BCUT2D eigenvalue weighted by molar-refractivity contribution is 6.35. The smallest absolute Gasteiger partial charge is 0.335 e. The molecule has 0 aliphatic rings. The predicted octanol–water partition coefficient (Wildman–Crippen LogP) is 4.36. The standard InChI is InChI=1S/C13H8Cl2O2/c14-11-5-10(6-12(15)7-11)8-1-3-9(4-2-8)13(16)17/h1-7H,(H,16,17). The molecule has 2 aromatic rings. The fourth-order valence-electron chi connectivity index (χ4n) is 1.53. The van der Waals surface area contributed by atoms with Crippen LogP contribution in [0.3, 0.4) is 0 Å². The van der Waals surface area contributed by atoms with E-state index in [2.05, 4.69) is 0 Å². The first-order chi connectivity index (χ1) is 8.06. The lowest BCUT2D eigenvalue weighted by Gasteiger charge is -2.04. The molecule has 0 atom stereocenters. The molecule has 0 saturated heterocycles. The summed E-state index contributed by atoms with van der Waals surface area (Å²) in [6, 6.07) is 11.8. The Balaban J connectivity index is 2.43. The Morgan fingerprint density at radius 2 is 1.41 bits per heavy atom. The Kier molecular flexibility index (Phi) is 3.36. The third kappa shape index (κ3) is 2.78. The number of hydrogen-bond acceptors (Lipinski definition) is 1. The van der Waals surface area contributed by atoms with E-state index in [9.17, 15) is 4.79 Å². The molecule has 0 heterocycles. The zero-order valence-corrected chi connectivity index (χ0v) is 10.2. The minimum atomic E-state index is -0.944. The molecule has 17 heavy (non-hydrogen) atoms. The summed E-state index contributed by atoms with van der Waals surface area (Å²) < 4.78 is 0. The van der Waals surface area contributed by atoms with Crippen molar-refractivity contribution in [2.45, 2.75) is 0 Å². The summed E-state index contributed by atoms with van der Waals surface area (Å²) in [6.07, 6.45) is 0. The molecule has 0 aromatic heterocycles. The molecule has 0 fully saturated rings. The summed E-state index contributed by atoms with van der Waals surface area (Å²) in [5.74, 6) is -0.944. The van der Waals surface area contributed by atoms with Gasteiger partial charge in [-0.25, -0.2) is 4.79 Å². The van der Waals surface area contributed by atoms with Crippen LogP contribution in [0.15, 0.2) is 42.5 Å². The van der Waals surface area contributed by atoms with Crippen molar-refractivity contribution in [1.82, 2.24) is 0 Å². The number of rotatable bonds is 2. The highest BCUT2D eigenvalue weighted by atomic mass is 35.5. The maximum Gasteiger partial charge on any atom is 0.335 e. The van der Waals surface area contributed by atoms with Gasteiger partial charge in [-0.3, -0.25) is 0 Å². The fraction of sp³-hybridized carbons (Fsp3) is 0. The maximum absolute atomic E-state index is 10.7. The van der Waals surface area contributed by atoms with Crippen LogP contribution in [0.1, 0.15) is 10.4 Å². The molecule has 0 radical (unpaired) electrons. The van der Waals surface area contributed by atoms with Gasteiger partial charge < -0.3 is 5.11 Å². The molecule has 0 saturated carbocycles. The molecule has 2 rings (SSSR count). The molecule has 0 unspecified atom stereocenters. The number of carbonyl (C=O) groups is 1. The Morgan fingerprint density at radius 1 is 0.882 bits per heavy atom. The number of aromatic carboxylic acids is 1. The second kappa shape index (κ2) is 4.78. The predicted molar refractivity (Wildman–Crippen MR) is 68.9 cm³/mol. The van der Waals surface area contributed by atoms with Crippen LogP contribution in [0.5, 0.6) is 0 Å². The van der Waals surface area contributed by atoms with Crippen LogP contribution >= 0.6 is 23.2 Å². The molecule has 0 aliphatic carbocycles. The molecule has 86 valence electrons. The van der Waals surface area contributed by atoms with E-state index in [1.807, 2.05) is 0 Å². The average molecular weight is 267 g/mol. The van der Waals surface area contributed by atoms with E-state index in [-0.39, 0.29) is 5.56 Å². The third-order valence-corrected chi connectivity index (χ3v) is 2.76. The lowest BCUT2D eigenvalue weighted by molar-refractivity contribution is 0.0697. The molecular weight excluding hydrogens is 259 g/mol. The quantitative estimate of drug-likeness (QED) is 0.877. The topological polar surface area (TPSA) is 37.3 Å². The fourth-order valence-corrected chi connectivity index (χ4v) is 2.05. The lowest BCUT2D eigenvalue weighted by atomic mass is 10.0. The van der Waals surface area contributed by atoms with Gasteiger partial charge in [0.05, 0.1) is 5.56 Å². The minimum Gasteiger partial charge on any atom is -0.478 e. The van der Waals surface area contributed by atoms with Gasteiger partial charge in [-0.05, 0) is 41.5 Å². The molecule has 2 nitrogen and oxygen atoms in total. The largest absolute Gasteiger partial charge is 0.478 e. The summed E-state index contributed by atoms with van der Waals surface area (Å²) in [5, 5.41) is 9.89. The highest BCUT2D eigenvalue weighted by Crippen LogP contribution is 2.27. The van der Waals surface area contributed by atoms with Crippen LogP contribution in [0.4, 0.5) is 0 Å². The normalized spacial score (nSPS) is 10.2. The van der Waals surface area contributed by atoms with Gasteiger partial charge in [0, 0.05) is 10.0 Å². The van der Waals surface area contributed by atoms with Crippen LogP contribution in [0.2, 0.25) is 10.0 Å². The third-order valence-electron chi connectivity index (χ3n) is 2.33.